The molecule has 0 aliphatic carbocycles. The molecule has 0 saturated carbocycles. The smallest absolute Gasteiger partial charge is 0.118 e. The molecule has 0 aliphatic rings. The summed E-state index contributed by atoms with van der Waals surface area (Å²) < 4.78 is 5.11. The van der Waals surface area contributed by atoms with Crippen LogP contribution in [0.5, 0.6) is 5.75 Å². The Bertz CT molecular complexity index is 292. The standard InChI is InChI=1S/C13H19NO/c1-4-5-10-14-11(2)12-6-8-13(15-3)9-7-12/h4,6-9,11,14H,1,5,10H2,2-3H3. The van der Waals surface area contributed by atoms with Gasteiger partial charge in [-0.1, -0.05) is 18.2 Å². The van der Waals surface area contributed by atoms with Crippen molar-refractivity contribution in [2.45, 2.75) is 19.4 Å². The van der Waals surface area contributed by atoms with Crippen LogP contribution in [0.3, 0.4) is 0 Å². The summed E-state index contributed by atoms with van der Waals surface area (Å²) >= 11 is 0. The molecule has 0 aromatic heterocycles. The summed E-state index contributed by atoms with van der Waals surface area (Å²) in [4.78, 5) is 0. The second-order valence-electron chi connectivity index (χ2n) is 3.53. The minimum Gasteiger partial charge on any atom is -0.497 e. The van der Waals surface area contributed by atoms with Crippen LogP contribution in [0.25, 0.3) is 0 Å². The summed E-state index contributed by atoms with van der Waals surface area (Å²) in [6.45, 7) is 6.82. The van der Waals surface area contributed by atoms with Gasteiger partial charge in [-0.05, 0) is 37.6 Å². The van der Waals surface area contributed by atoms with Crippen LogP contribution in [0.4, 0.5) is 0 Å². The van der Waals surface area contributed by atoms with Gasteiger partial charge in [0.25, 0.3) is 0 Å². The average molecular weight is 205 g/mol. The molecule has 0 aliphatic heterocycles. The van der Waals surface area contributed by atoms with Gasteiger partial charge in [0, 0.05) is 6.04 Å². The fraction of sp³-hybridized carbons (Fsp3) is 0.385. The van der Waals surface area contributed by atoms with Gasteiger partial charge in [-0.2, -0.15) is 0 Å². The van der Waals surface area contributed by atoms with Gasteiger partial charge in [0.05, 0.1) is 7.11 Å². The van der Waals surface area contributed by atoms with Gasteiger partial charge >= 0.3 is 0 Å². The van der Waals surface area contributed by atoms with Crippen molar-refractivity contribution < 1.29 is 4.74 Å². The highest BCUT2D eigenvalue weighted by atomic mass is 16.5. The van der Waals surface area contributed by atoms with Crippen LogP contribution in [0, 0.1) is 0 Å². The van der Waals surface area contributed by atoms with E-state index in [1.54, 1.807) is 7.11 Å². The highest BCUT2D eigenvalue weighted by molar-refractivity contribution is 5.28. The highest BCUT2D eigenvalue weighted by Gasteiger charge is 2.03. The van der Waals surface area contributed by atoms with E-state index >= 15 is 0 Å². The Hall–Kier alpha value is -1.28. The Balaban J connectivity index is 2.50. The van der Waals surface area contributed by atoms with Crippen molar-refractivity contribution in [1.29, 1.82) is 0 Å². The zero-order valence-corrected chi connectivity index (χ0v) is 9.49. The second-order valence-corrected chi connectivity index (χ2v) is 3.53. The first-order chi connectivity index (χ1) is 7.27. The molecule has 2 nitrogen and oxygen atoms in total. The number of hydrogen-bond donors (Lipinski definition) is 1. The third kappa shape index (κ3) is 3.76. The van der Waals surface area contributed by atoms with Gasteiger partial charge in [0.2, 0.25) is 0 Å². The third-order valence-electron chi connectivity index (χ3n) is 2.41. The fourth-order valence-corrected chi connectivity index (χ4v) is 1.41. The minimum atomic E-state index is 0.371. The number of benzene rings is 1. The largest absolute Gasteiger partial charge is 0.497 e. The summed E-state index contributed by atoms with van der Waals surface area (Å²) in [5, 5.41) is 3.43. The van der Waals surface area contributed by atoms with E-state index in [2.05, 4.69) is 31.0 Å². The molecule has 1 rings (SSSR count). The summed E-state index contributed by atoms with van der Waals surface area (Å²) in [5.41, 5.74) is 1.28. The van der Waals surface area contributed by atoms with Crippen molar-refractivity contribution in [2.24, 2.45) is 0 Å². The molecule has 2 heteroatoms. The summed E-state index contributed by atoms with van der Waals surface area (Å²) in [6, 6.07) is 8.52. The Morgan fingerprint density at radius 3 is 2.60 bits per heavy atom. The lowest BCUT2D eigenvalue weighted by molar-refractivity contribution is 0.414. The molecule has 0 heterocycles. The first-order valence-electron chi connectivity index (χ1n) is 5.26. The quantitative estimate of drug-likeness (QED) is 0.569. The lowest BCUT2D eigenvalue weighted by Gasteiger charge is -2.13. The predicted octanol–water partition coefficient (Wildman–Crippen LogP) is 2.92. The highest BCUT2D eigenvalue weighted by Crippen LogP contribution is 2.16. The first kappa shape index (κ1) is 11.8. The zero-order chi connectivity index (χ0) is 11.1. The number of rotatable bonds is 6. The van der Waals surface area contributed by atoms with Crippen LogP contribution in [-0.2, 0) is 0 Å². The molecule has 0 bridgehead atoms. The molecule has 15 heavy (non-hydrogen) atoms. The van der Waals surface area contributed by atoms with Crippen LogP contribution in [0.15, 0.2) is 36.9 Å². The van der Waals surface area contributed by atoms with Crippen molar-refractivity contribution in [3.8, 4) is 5.75 Å². The van der Waals surface area contributed by atoms with Gasteiger partial charge in [0.15, 0.2) is 0 Å². The van der Waals surface area contributed by atoms with Crippen molar-refractivity contribution >= 4 is 0 Å². The van der Waals surface area contributed by atoms with E-state index in [0.29, 0.717) is 6.04 Å². The SMILES string of the molecule is C=CCCNC(C)c1ccc(OC)cc1. The molecule has 1 atom stereocenters. The Morgan fingerprint density at radius 1 is 1.40 bits per heavy atom. The molecule has 0 radical (unpaired) electrons. The molecule has 1 unspecified atom stereocenters. The predicted molar refractivity (Wildman–Crippen MR) is 64.2 cm³/mol. The van der Waals surface area contributed by atoms with Crippen molar-refractivity contribution in [3.05, 3.63) is 42.5 Å². The summed E-state index contributed by atoms with van der Waals surface area (Å²) in [7, 11) is 1.68. The molecule has 82 valence electrons. The van der Waals surface area contributed by atoms with Gasteiger partial charge in [-0.25, -0.2) is 0 Å². The zero-order valence-electron chi connectivity index (χ0n) is 9.49. The first-order valence-corrected chi connectivity index (χ1v) is 5.26. The van der Waals surface area contributed by atoms with Gasteiger partial charge in [-0.3, -0.25) is 0 Å². The van der Waals surface area contributed by atoms with E-state index in [-0.39, 0.29) is 0 Å². The number of methoxy groups -OCH3 is 1. The van der Waals surface area contributed by atoms with E-state index in [0.717, 1.165) is 18.7 Å². The molecule has 1 N–H and O–H groups in total. The fourth-order valence-electron chi connectivity index (χ4n) is 1.41. The van der Waals surface area contributed by atoms with Crippen molar-refractivity contribution in [3.63, 3.8) is 0 Å². The number of ether oxygens (including phenoxy) is 1. The van der Waals surface area contributed by atoms with Crippen LogP contribution in [0.1, 0.15) is 24.9 Å². The van der Waals surface area contributed by atoms with E-state index in [1.165, 1.54) is 5.56 Å². The van der Waals surface area contributed by atoms with Crippen LogP contribution >= 0.6 is 0 Å². The monoisotopic (exact) mass is 205 g/mol. The van der Waals surface area contributed by atoms with E-state index < -0.39 is 0 Å². The molecule has 0 fully saturated rings. The minimum absolute atomic E-state index is 0.371. The normalized spacial score (nSPS) is 12.1. The van der Waals surface area contributed by atoms with Crippen LogP contribution in [-0.4, -0.2) is 13.7 Å². The molecule has 1 aromatic carbocycles. The van der Waals surface area contributed by atoms with Crippen LogP contribution in [0.2, 0.25) is 0 Å². The number of nitrogens with one attached hydrogen (secondary N) is 1. The molecule has 0 saturated heterocycles. The lowest BCUT2D eigenvalue weighted by atomic mass is 10.1. The summed E-state index contributed by atoms with van der Waals surface area (Å²) in [6.07, 6.45) is 2.92. The molecular weight excluding hydrogens is 186 g/mol. The maximum atomic E-state index is 5.11. The van der Waals surface area contributed by atoms with Gasteiger partial charge in [-0.15, -0.1) is 6.58 Å². The van der Waals surface area contributed by atoms with Gasteiger partial charge < -0.3 is 10.1 Å². The maximum absolute atomic E-state index is 5.11. The van der Waals surface area contributed by atoms with Crippen LogP contribution < -0.4 is 10.1 Å². The molecular formula is C13H19NO. The third-order valence-corrected chi connectivity index (χ3v) is 2.41. The Labute approximate surface area is 92.0 Å². The molecule has 0 amide bonds. The second kappa shape index (κ2) is 6.25. The van der Waals surface area contributed by atoms with Gasteiger partial charge in [0.1, 0.15) is 5.75 Å². The molecule has 1 aromatic rings. The topological polar surface area (TPSA) is 21.3 Å². The van der Waals surface area contributed by atoms with E-state index in [1.807, 2.05) is 18.2 Å². The Morgan fingerprint density at radius 2 is 2.07 bits per heavy atom. The van der Waals surface area contributed by atoms with E-state index in [9.17, 15) is 0 Å². The Kier molecular flexibility index (Phi) is 4.91. The maximum Gasteiger partial charge on any atom is 0.118 e. The van der Waals surface area contributed by atoms with E-state index in [4.69, 9.17) is 4.74 Å². The average Bonchev–Trinajstić information content (AvgIpc) is 2.29. The number of hydrogen-bond acceptors (Lipinski definition) is 2. The van der Waals surface area contributed by atoms with Crippen molar-refractivity contribution in [1.82, 2.24) is 5.32 Å². The van der Waals surface area contributed by atoms with Crippen molar-refractivity contribution in [2.75, 3.05) is 13.7 Å². The lowest BCUT2D eigenvalue weighted by Crippen LogP contribution is -2.19. The summed E-state index contributed by atoms with van der Waals surface area (Å²) in [5.74, 6) is 0.900. The molecule has 0 spiro atoms.